The zero-order valence-corrected chi connectivity index (χ0v) is 19.7. The highest BCUT2D eigenvalue weighted by Crippen LogP contribution is 2.36. The molecule has 0 atom stereocenters. The number of rotatable bonds is 9. The van der Waals surface area contributed by atoms with Crippen molar-refractivity contribution in [2.24, 2.45) is 0 Å². The summed E-state index contributed by atoms with van der Waals surface area (Å²) in [7, 11) is 1.66. The van der Waals surface area contributed by atoms with E-state index in [9.17, 15) is 14.4 Å². The number of benzene rings is 2. The predicted octanol–water partition coefficient (Wildman–Crippen LogP) is 3.82. The van der Waals surface area contributed by atoms with Crippen molar-refractivity contribution >= 4 is 17.7 Å². The Morgan fingerprint density at radius 2 is 1.56 bits per heavy atom. The molecule has 176 valence electrons. The summed E-state index contributed by atoms with van der Waals surface area (Å²) in [6, 6.07) is 19.5. The fourth-order valence-corrected chi connectivity index (χ4v) is 4.68. The van der Waals surface area contributed by atoms with Gasteiger partial charge >= 0.3 is 6.03 Å². The summed E-state index contributed by atoms with van der Waals surface area (Å²) in [5.74, 6) is -0.733. The highest BCUT2D eigenvalue weighted by molar-refractivity contribution is 6.13. The van der Waals surface area contributed by atoms with E-state index in [0.717, 1.165) is 29.3 Å². The Labute approximate surface area is 199 Å². The molecular weight excluding hydrogens is 430 g/mol. The van der Waals surface area contributed by atoms with Gasteiger partial charge in [0, 0.05) is 37.2 Å². The molecule has 0 bridgehead atoms. The van der Waals surface area contributed by atoms with Crippen molar-refractivity contribution in [1.29, 1.82) is 0 Å². The molecule has 3 aromatic rings. The maximum absolute atomic E-state index is 13.8. The number of nitrogens with zero attached hydrogens (tertiary/aromatic N) is 2. The third kappa shape index (κ3) is 4.03. The van der Waals surface area contributed by atoms with Crippen LogP contribution in [-0.4, -0.2) is 47.4 Å². The Morgan fingerprint density at radius 1 is 0.971 bits per heavy atom. The van der Waals surface area contributed by atoms with Gasteiger partial charge in [-0.2, -0.15) is 0 Å². The van der Waals surface area contributed by atoms with Crippen LogP contribution >= 0.6 is 0 Å². The number of aromatic nitrogens is 1. The van der Waals surface area contributed by atoms with Crippen molar-refractivity contribution in [1.82, 2.24) is 14.8 Å². The molecule has 3 amide bonds. The molecule has 1 fully saturated rings. The second kappa shape index (κ2) is 9.65. The van der Waals surface area contributed by atoms with Gasteiger partial charge in [-0.25, -0.2) is 4.79 Å². The molecular formula is C27H29N3O4. The lowest BCUT2D eigenvalue weighted by molar-refractivity contribution is -0.129. The van der Waals surface area contributed by atoms with Gasteiger partial charge in [-0.1, -0.05) is 60.7 Å². The molecule has 1 aromatic heterocycles. The van der Waals surface area contributed by atoms with Crippen molar-refractivity contribution in [2.45, 2.75) is 32.4 Å². The number of imide groups is 1. The van der Waals surface area contributed by atoms with Crippen molar-refractivity contribution in [3.8, 4) is 0 Å². The van der Waals surface area contributed by atoms with Gasteiger partial charge in [0.15, 0.2) is 11.3 Å². The zero-order chi connectivity index (χ0) is 24.3. The van der Waals surface area contributed by atoms with Gasteiger partial charge in [-0.15, -0.1) is 0 Å². The molecule has 7 nitrogen and oxygen atoms in total. The van der Waals surface area contributed by atoms with Crippen LogP contribution in [0.5, 0.6) is 0 Å². The molecule has 1 aliphatic heterocycles. The maximum atomic E-state index is 13.8. The lowest BCUT2D eigenvalue weighted by atomic mass is 9.82. The molecule has 2 heterocycles. The molecule has 0 spiro atoms. The van der Waals surface area contributed by atoms with Crippen LogP contribution in [0.3, 0.4) is 0 Å². The number of aryl methyl sites for hydroxylation is 1. The Balaban J connectivity index is 1.64. The van der Waals surface area contributed by atoms with E-state index in [4.69, 9.17) is 4.74 Å². The topological polar surface area (TPSA) is 80.6 Å². The van der Waals surface area contributed by atoms with Crippen LogP contribution < -0.4 is 5.32 Å². The van der Waals surface area contributed by atoms with E-state index in [-0.39, 0.29) is 12.3 Å². The largest absolute Gasteiger partial charge is 0.385 e. The van der Waals surface area contributed by atoms with Gasteiger partial charge in [0.2, 0.25) is 0 Å². The van der Waals surface area contributed by atoms with Gasteiger partial charge in [-0.05, 0) is 37.5 Å². The number of ketones is 1. The number of ether oxygens (including phenoxy) is 1. The first-order chi connectivity index (χ1) is 16.4. The monoisotopic (exact) mass is 459 g/mol. The van der Waals surface area contributed by atoms with Crippen LogP contribution in [0.2, 0.25) is 0 Å². The minimum absolute atomic E-state index is 0.272. The van der Waals surface area contributed by atoms with Gasteiger partial charge < -0.3 is 14.6 Å². The summed E-state index contributed by atoms with van der Waals surface area (Å²) >= 11 is 0. The number of hydrogen-bond donors (Lipinski definition) is 1. The van der Waals surface area contributed by atoms with E-state index >= 15 is 0 Å². The molecule has 1 N–H and O–H groups in total. The molecule has 0 unspecified atom stereocenters. The average Bonchev–Trinajstić information content (AvgIpc) is 3.28. The maximum Gasteiger partial charge on any atom is 0.325 e. The van der Waals surface area contributed by atoms with E-state index in [0.29, 0.717) is 23.3 Å². The van der Waals surface area contributed by atoms with Crippen molar-refractivity contribution in [2.75, 3.05) is 20.3 Å². The Bertz CT molecular complexity index is 1160. The second-order valence-electron chi connectivity index (χ2n) is 8.51. The van der Waals surface area contributed by atoms with Crippen LogP contribution in [0.25, 0.3) is 0 Å². The number of nitrogens with one attached hydrogen (secondary N) is 1. The van der Waals surface area contributed by atoms with E-state index in [1.807, 2.05) is 80.6 Å². The smallest absolute Gasteiger partial charge is 0.325 e. The normalized spacial score (nSPS) is 15.0. The minimum Gasteiger partial charge on any atom is -0.385 e. The number of carbonyl (C=O) groups is 3. The number of carbonyl (C=O) groups excluding carboxylic acids is 3. The standard InChI is InChI=1S/C27H29N3O4/c1-19-17-23(20(2)29(19)15-10-16-34-3)24(31)18-30-25(32)27(28-26(30)33,21-11-6-4-7-12-21)22-13-8-5-9-14-22/h4-9,11-14,17H,10,15-16,18H2,1-3H3,(H,28,33). The van der Waals surface area contributed by atoms with Gasteiger partial charge in [0.25, 0.3) is 5.91 Å². The highest BCUT2D eigenvalue weighted by Gasteiger charge is 2.54. The van der Waals surface area contributed by atoms with Gasteiger partial charge in [0.1, 0.15) is 0 Å². The lowest BCUT2D eigenvalue weighted by Crippen LogP contribution is -2.45. The number of methoxy groups -OCH3 is 1. The Hall–Kier alpha value is -3.71. The highest BCUT2D eigenvalue weighted by atomic mass is 16.5. The second-order valence-corrected chi connectivity index (χ2v) is 8.51. The number of Topliss-reactive ketones (excluding diaryl/α,β-unsaturated/α-hetero) is 1. The first-order valence-electron chi connectivity index (χ1n) is 11.3. The predicted molar refractivity (Wildman–Crippen MR) is 129 cm³/mol. The third-order valence-corrected chi connectivity index (χ3v) is 6.43. The summed E-state index contributed by atoms with van der Waals surface area (Å²) in [6.45, 7) is 4.86. The molecule has 34 heavy (non-hydrogen) atoms. The first kappa shape index (κ1) is 23.4. The SMILES string of the molecule is COCCCn1c(C)cc(C(=O)CN2C(=O)NC(c3ccccc3)(c3ccccc3)C2=O)c1C. The lowest BCUT2D eigenvalue weighted by Gasteiger charge is -2.28. The van der Waals surface area contributed by atoms with Crippen LogP contribution in [-0.2, 0) is 21.6 Å². The van der Waals surface area contributed by atoms with Crippen LogP contribution in [0.1, 0.15) is 39.3 Å². The molecule has 0 aliphatic carbocycles. The minimum atomic E-state index is -1.38. The summed E-state index contributed by atoms with van der Waals surface area (Å²) < 4.78 is 7.20. The molecule has 0 radical (unpaired) electrons. The van der Waals surface area contributed by atoms with E-state index in [1.54, 1.807) is 7.11 Å². The molecule has 4 rings (SSSR count). The van der Waals surface area contributed by atoms with Crippen molar-refractivity contribution < 1.29 is 19.1 Å². The summed E-state index contributed by atoms with van der Waals surface area (Å²) in [5.41, 5.74) is 2.21. The average molecular weight is 460 g/mol. The van der Waals surface area contributed by atoms with E-state index < -0.39 is 17.5 Å². The Kier molecular flexibility index (Phi) is 6.65. The molecule has 7 heteroatoms. The molecule has 2 aromatic carbocycles. The fraction of sp³-hybridized carbons (Fsp3) is 0.296. The zero-order valence-electron chi connectivity index (χ0n) is 19.7. The number of urea groups is 1. The summed E-state index contributed by atoms with van der Waals surface area (Å²) in [6.07, 6.45) is 0.824. The van der Waals surface area contributed by atoms with Crippen LogP contribution in [0, 0.1) is 13.8 Å². The Morgan fingerprint density at radius 3 is 2.12 bits per heavy atom. The fourth-order valence-electron chi connectivity index (χ4n) is 4.68. The third-order valence-electron chi connectivity index (χ3n) is 6.43. The van der Waals surface area contributed by atoms with E-state index in [2.05, 4.69) is 9.88 Å². The van der Waals surface area contributed by atoms with Gasteiger partial charge in [-0.3, -0.25) is 14.5 Å². The number of amides is 3. The van der Waals surface area contributed by atoms with Crippen molar-refractivity contribution in [3.05, 3.63) is 94.8 Å². The van der Waals surface area contributed by atoms with Crippen molar-refractivity contribution in [3.63, 3.8) is 0 Å². The van der Waals surface area contributed by atoms with Crippen LogP contribution in [0.4, 0.5) is 4.79 Å². The summed E-state index contributed by atoms with van der Waals surface area (Å²) in [4.78, 5) is 41.2. The molecule has 1 saturated heterocycles. The van der Waals surface area contributed by atoms with Gasteiger partial charge in [0.05, 0.1) is 6.54 Å². The van der Waals surface area contributed by atoms with E-state index in [1.165, 1.54) is 0 Å². The quantitative estimate of drug-likeness (QED) is 0.300. The number of hydrogen-bond acceptors (Lipinski definition) is 4. The van der Waals surface area contributed by atoms with Crippen LogP contribution in [0.15, 0.2) is 66.7 Å². The molecule has 1 aliphatic rings. The summed E-state index contributed by atoms with van der Waals surface area (Å²) in [5, 5.41) is 2.89. The molecule has 0 saturated carbocycles. The first-order valence-corrected chi connectivity index (χ1v) is 11.3.